The van der Waals surface area contributed by atoms with Gasteiger partial charge in [-0.25, -0.2) is 9.98 Å². The van der Waals surface area contributed by atoms with Crippen molar-refractivity contribution >= 4 is 90.7 Å². The maximum atomic E-state index is 5.55. The van der Waals surface area contributed by atoms with Gasteiger partial charge in [0.1, 0.15) is 11.7 Å². The van der Waals surface area contributed by atoms with Crippen LogP contribution >= 0.6 is 0 Å². The second kappa shape index (κ2) is 15.4. The van der Waals surface area contributed by atoms with E-state index >= 15 is 0 Å². The summed E-state index contributed by atoms with van der Waals surface area (Å²) >= 11 is 0. The molecule has 0 radical (unpaired) electrons. The number of rotatable bonds is 5. The van der Waals surface area contributed by atoms with E-state index in [9.17, 15) is 0 Å². The number of amidine groups is 2. The van der Waals surface area contributed by atoms with E-state index in [1.807, 2.05) is 0 Å². The fraction of sp³-hybridized carbons (Fsp3) is 0.188. The molecule has 0 spiro atoms. The summed E-state index contributed by atoms with van der Waals surface area (Å²) in [6.07, 6.45) is 42.6. The quantitative estimate of drug-likeness (QED) is 0.172. The first-order valence-corrected chi connectivity index (χ1v) is 25.3. The van der Waals surface area contributed by atoms with Crippen molar-refractivity contribution < 1.29 is 0 Å². The van der Waals surface area contributed by atoms with Crippen LogP contribution in [0.4, 0.5) is 0 Å². The SMILES string of the molecule is C1=CC(C2=NC(C3=C4C=C(n5c6c(c7c5=CC5=CC=C(n8c9ccccc9c9cc%10c(cc98)C=CCC%10)CC5C=7)C=CC6)C=CC4CCC3)N=C(c3ccc4ccc5ccccc5c4c3)N2)=CCC1. The summed E-state index contributed by atoms with van der Waals surface area (Å²) in [5.41, 5.74) is 17.1. The summed E-state index contributed by atoms with van der Waals surface area (Å²) in [5.74, 6) is 2.44. The van der Waals surface area contributed by atoms with Gasteiger partial charge in [-0.2, -0.15) is 0 Å². The molecule has 3 heterocycles. The van der Waals surface area contributed by atoms with Gasteiger partial charge in [0.15, 0.2) is 6.17 Å². The van der Waals surface area contributed by atoms with E-state index in [-0.39, 0.29) is 6.17 Å². The van der Waals surface area contributed by atoms with Gasteiger partial charge in [-0.1, -0.05) is 127 Å². The molecule has 0 fully saturated rings. The van der Waals surface area contributed by atoms with Crippen LogP contribution in [0.5, 0.6) is 0 Å². The second-order valence-corrected chi connectivity index (χ2v) is 20.1. The van der Waals surface area contributed by atoms with Crippen LogP contribution in [-0.2, 0) is 12.8 Å². The number of para-hydroxylation sites is 1. The van der Waals surface area contributed by atoms with Gasteiger partial charge in [-0.05, 0) is 149 Å². The van der Waals surface area contributed by atoms with Gasteiger partial charge < -0.3 is 14.5 Å². The normalized spacial score (nSPS) is 22.1. The molecule has 5 heteroatoms. The Bertz CT molecular complexity index is 3970. The average molecular weight is 890 g/mol. The number of hydrogen-bond donors (Lipinski definition) is 1. The van der Waals surface area contributed by atoms with Crippen molar-refractivity contribution in [2.75, 3.05) is 0 Å². The summed E-state index contributed by atoms with van der Waals surface area (Å²) in [4.78, 5) is 11.0. The van der Waals surface area contributed by atoms with E-state index < -0.39 is 0 Å². The lowest BCUT2D eigenvalue weighted by Gasteiger charge is -2.32. The molecule has 8 aliphatic rings. The minimum atomic E-state index is -0.311. The Morgan fingerprint density at radius 3 is 2.46 bits per heavy atom. The molecule has 0 saturated heterocycles. The summed E-state index contributed by atoms with van der Waals surface area (Å²) in [7, 11) is 0. The minimum absolute atomic E-state index is 0.294. The van der Waals surface area contributed by atoms with Crippen LogP contribution < -0.4 is 15.9 Å². The molecule has 0 saturated carbocycles. The highest BCUT2D eigenvalue weighted by atomic mass is 15.2. The standard InChI is InChI=1S/C64H51N5/c1-2-13-42(14-3-1)62-65-63(46-27-26-41-25-24-39-12-6-7-18-50(39)54(41)34-46)67-64(66-62)53-21-10-17-40-28-30-49(38-55(40)53)69-59-23-11-20-52(59)57-35-47-32-48(31-29-45(47)37-61(57)69)68-58-22-9-8-19-51(58)56-33-43-15-4-5-16-44(43)36-60(56)68/h2,5-9,11-14,16,18-20,22,24-31,33-38,40,47,64H,1,3-4,10,15,17,21,23,32H2,(H,65,66,67). The Balaban J connectivity index is 0.844. The Kier molecular flexibility index (Phi) is 8.75. The Hall–Kier alpha value is -7.76. The van der Waals surface area contributed by atoms with Gasteiger partial charge in [0, 0.05) is 68.0 Å². The lowest BCUT2D eigenvalue weighted by molar-refractivity contribution is 0.556. The molecule has 0 bridgehead atoms. The molecule has 2 aromatic heterocycles. The molecule has 0 amide bonds. The van der Waals surface area contributed by atoms with E-state index in [1.54, 1.807) is 0 Å². The number of nitrogens with one attached hydrogen (secondary N) is 1. The average Bonchev–Trinajstić information content (AvgIpc) is 4.10. The predicted molar refractivity (Wildman–Crippen MR) is 289 cm³/mol. The lowest BCUT2D eigenvalue weighted by Crippen LogP contribution is -2.39. The van der Waals surface area contributed by atoms with E-state index in [4.69, 9.17) is 9.98 Å². The zero-order valence-electron chi connectivity index (χ0n) is 38.6. The molecule has 7 aliphatic carbocycles. The van der Waals surface area contributed by atoms with Crippen molar-refractivity contribution in [1.82, 2.24) is 14.5 Å². The van der Waals surface area contributed by atoms with Crippen LogP contribution in [0.1, 0.15) is 72.9 Å². The van der Waals surface area contributed by atoms with Gasteiger partial charge in [0.05, 0.1) is 16.4 Å². The highest BCUT2D eigenvalue weighted by Gasteiger charge is 2.32. The largest absolute Gasteiger partial charge is 0.324 e. The molecule has 1 aliphatic heterocycles. The van der Waals surface area contributed by atoms with Crippen molar-refractivity contribution in [3.63, 3.8) is 0 Å². The number of fused-ring (bicyclic) bond motifs is 12. The van der Waals surface area contributed by atoms with Gasteiger partial charge in [0.2, 0.25) is 0 Å². The molecule has 5 aromatic carbocycles. The Morgan fingerprint density at radius 2 is 1.52 bits per heavy atom. The minimum Gasteiger partial charge on any atom is -0.324 e. The number of aliphatic imine (C=N–C) groups is 2. The van der Waals surface area contributed by atoms with Crippen LogP contribution in [-0.4, -0.2) is 27.0 Å². The first-order chi connectivity index (χ1) is 34.2. The van der Waals surface area contributed by atoms with E-state index in [2.05, 4.69) is 191 Å². The summed E-state index contributed by atoms with van der Waals surface area (Å²) < 4.78 is 5.13. The monoisotopic (exact) mass is 889 g/mol. The summed E-state index contributed by atoms with van der Waals surface area (Å²) in [5, 5.41) is 14.1. The number of aromatic nitrogens is 2. The third kappa shape index (κ3) is 6.22. The molecule has 15 rings (SSSR count). The van der Waals surface area contributed by atoms with Crippen LogP contribution in [0.2, 0.25) is 0 Å². The highest BCUT2D eigenvalue weighted by Crippen LogP contribution is 2.42. The Labute approximate surface area is 401 Å². The van der Waals surface area contributed by atoms with Crippen LogP contribution in [0.15, 0.2) is 184 Å². The maximum Gasteiger partial charge on any atom is 0.166 e. The van der Waals surface area contributed by atoms with Crippen molar-refractivity contribution in [2.24, 2.45) is 21.8 Å². The fourth-order valence-electron chi connectivity index (χ4n) is 12.9. The van der Waals surface area contributed by atoms with Gasteiger partial charge in [0.25, 0.3) is 0 Å². The second-order valence-electron chi connectivity index (χ2n) is 20.1. The number of allylic oxidation sites excluding steroid dienone is 13. The van der Waals surface area contributed by atoms with Crippen molar-refractivity contribution in [2.45, 2.75) is 64.0 Å². The number of nitrogens with zero attached hydrogens (tertiary/aromatic N) is 4. The van der Waals surface area contributed by atoms with Gasteiger partial charge in [-0.3, -0.25) is 0 Å². The topological polar surface area (TPSA) is 46.6 Å². The summed E-state index contributed by atoms with van der Waals surface area (Å²) in [6.45, 7) is 0. The zero-order valence-corrected chi connectivity index (χ0v) is 38.6. The number of aryl methyl sites for hydroxylation is 1. The molecule has 7 aromatic rings. The molecule has 1 N–H and O–H groups in total. The smallest absolute Gasteiger partial charge is 0.166 e. The first kappa shape index (κ1) is 39.3. The third-order valence-electron chi connectivity index (χ3n) is 16.2. The van der Waals surface area contributed by atoms with E-state index in [0.717, 1.165) is 80.6 Å². The number of hydrogen-bond acceptors (Lipinski definition) is 3. The van der Waals surface area contributed by atoms with Crippen LogP contribution in [0, 0.1) is 11.8 Å². The van der Waals surface area contributed by atoms with Crippen LogP contribution in [0.25, 0.3) is 79.0 Å². The van der Waals surface area contributed by atoms with E-state index in [1.165, 1.54) is 104 Å². The highest BCUT2D eigenvalue weighted by molar-refractivity contribution is 6.19. The third-order valence-corrected chi connectivity index (χ3v) is 16.2. The molecule has 3 atom stereocenters. The fourth-order valence-corrected chi connectivity index (χ4v) is 12.9. The van der Waals surface area contributed by atoms with Crippen molar-refractivity contribution in [3.8, 4) is 0 Å². The molecule has 332 valence electrons. The molecule has 3 unspecified atom stereocenters. The van der Waals surface area contributed by atoms with Crippen molar-refractivity contribution in [1.29, 1.82) is 0 Å². The molecular weight excluding hydrogens is 839 g/mol. The molecule has 5 nitrogen and oxygen atoms in total. The summed E-state index contributed by atoms with van der Waals surface area (Å²) in [6, 6.07) is 33.8. The number of benzene rings is 5. The zero-order chi connectivity index (χ0) is 45.2. The molecular formula is C64H51N5. The first-order valence-electron chi connectivity index (χ1n) is 25.3. The Morgan fingerprint density at radius 1 is 0.652 bits per heavy atom. The van der Waals surface area contributed by atoms with Crippen LogP contribution in [0.3, 0.4) is 0 Å². The van der Waals surface area contributed by atoms with E-state index in [0.29, 0.717) is 11.8 Å². The van der Waals surface area contributed by atoms with Gasteiger partial charge >= 0.3 is 0 Å². The lowest BCUT2D eigenvalue weighted by atomic mass is 9.79. The maximum absolute atomic E-state index is 5.55. The predicted octanol–water partition coefficient (Wildman–Crippen LogP) is 13.1. The van der Waals surface area contributed by atoms with Gasteiger partial charge in [-0.15, -0.1) is 0 Å². The molecule has 69 heavy (non-hydrogen) atoms. The van der Waals surface area contributed by atoms with Crippen molar-refractivity contribution in [3.05, 3.63) is 213 Å².